The molecule has 4 nitrogen and oxygen atoms in total. The molecule has 1 N–H and O–H groups in total. The summed E-state index contributed by atoms with van der Waals surface area (Å²) in [5.41, 5.74) is 1.22. The first kappa shape index (κ1) is 13.6. The van der Waals surface area contributed by atoms with Gasteiger partial charge in [-0.05, 0) is 30.7 Å². The summed E-state index contributed by atoms with van der Waals surface area (Å²) in [6, 6.07) is 8.13. The first-order valence-corrected chi connectivity index (χ1v) is 6.81. The van der Waals surface area contributed by atoms with Crippen molar-refractivity contribution in [3.05, 3.63) is 42.2 Å². The molecule has 0 aliphatic heterocycles. The summed E-state index contributed by atoms with van der Waals surface area (Å²) < 4.78 is 7.72. The fourth-order valence-electron chi connectivity index (χ4n) is 1.87. The highest BCUT2D eigenvalue weighted by Crippen LogP contribution is 2.21. The lowest BCUT2D eigenvalue weighted by Gasteiger charge is -2.06. The van der Waals surface area contributed by atoms with Crippen molar-refractivity contribution in [3.63, 3.8) is 0 Å². The number of hydrogen-bond donors (Lipinski definition) is 1. The molecule has 19 heavy (non-hydrogen) atoms. The predicted molar refractivity (Wildman–Crippen MR) is 76.4 cm³/mol. The van der Waals surface area contributed by atoms with Crippen LogP contribution in [0.5, 0.6) is 11.5 Å². The summed E-state index contributed by atoms with van der Waals surface area (Å²) in [6.45, 7) is 6.98. The first-order chi connectivity index (χ1) is 9.31. The summed E-state index contributed by atoms with van der Waals surface area (Å²) in [5, 5.41) is 7.56. The zero-order valence-corrected chi connectivity index (χ0v) is 11.6. The van der Waals surface area contributed by atoms with Crippen molar-refractivity contribution in [3.8, 4) is 11.5 Å². The molecule has 0 spiro atoms. The molecular weight excluding hydrogens is 238 g/mol. The lowest BCUT2D eigenvalue weighted by Crippen LogP contribution is -2.11. The van der Waals surface area contributed by atoms with E-state index < -0.39 is 0 Å². The van der Waals surface area contributed by atoms with Crippen LogP contribution in [0.15, 0.2) is 36.7 Å². The van der Waals surface area contributed by atoms with Crippen LogP contribution in [0.25, 0.3) is 0 Å². The van der Waals surface area contributed by atoms with E-state index in [2.05, 4.69) is 36.4 Å². The van der Waals surface area contributed by atoms with Gasteiger partial charge in [0.2, 0.25) is 0 Å². The van der Waals surface area contributed by atoms with Crippen LogP contribution in [0, 0.1) is 0 Å². The summed E-state index contributed by atoms with van der Waals surface area (Å²) in [7, 11) is 0. The Kier molecular flexibility index (Phi) is 4.98. The van der Waals surface area contributed by atoms with Crippen molar-refractivity contribution in [1.29, 1.82) is 0 Å². The van der Waals surface area contributed by atoms with Gasteiger partial charge in [-0.3, -0.25) is 4.68 Å². The topological polar surface area (TPSA) is 39.1 Å². The largest absolute Gasteiger partial charge is 0.454 e. The van der Waals surface area contributed by atoms with Gasteiger partial charge in [-0.1, -0.05) is 26.0 Å². The molecule has 1 aromatic carbocycles. The molecule has 0 fully saturated rings. The van der Waals surface area contributed by atoms with E-state index in [0.717, 1.165) is 37.6 Å². The fourth-order valence-corrected chi connectivity index (χ4v) is 1.87. The van der Waals surface area contributed by atoms with Gasteiger partial charge < -0.3 is 10.1 Å². The van der Waals surface area contributed by atoms with Crippen LogP contribution in [0.3, 0.4) is 0 Å². The van der Waals surface area contributed by atoms with Crippen molar-refractivity contribution >= 4 is 0 Å². The van der Waals surface area contributed by atoms with Gasteiger partial charge in [0.15, 0.2) is 5.75 Å². The average Bonchev–Trinajstić information content (AvgIpc) is 2.85. The molecule has 1 heterocycles. The smallest absolute Gasteiger partial charge is 0.165 e. The Morgan fingerprint density at radius 1 is 1.26 bits per heavy atom. The van der Waals surface area contributed by atoms with E-state index in [1.807, 2.05) is 23.0 Å². The Morgan fingerprint density at radius 2 is 2.16 bits per heavy atom. The van der Waals surface area contributed by atoms with Gasteiger partial charge in [-0.25, -0.2) is 0 Å². The van der Waals surface area contributed by atoms with Gasteiger partial charge in [0.05, 0.1) is 12.4 Å². The maximum Gasteiger partial charge on any atom is 0.165 e. The summed E-state index contributed by atoms with van der Waals surface area (Å²) >= 11 is 0. The maximum absolute atomic E-state index is 5.81. The minimum absolute atomic E-state index is 0.786. The molecule has 102 valence electrons. The fraction of sp³-hybridized carbons (Fsp3) is 0.400. The van der Waals surface area contributed by atoms with Gasteiger partial charge in [0, 0.05) is 13.1 Å². The van der Waals surface area contributed by atoms with Crippen molar-refractivity contribution in [1.82, 2.24) is 15.1 Å². The summed E-state index contributed by atoms with van der Waals surface area (Å²) in [6.07, 6.45) is 4.76. The van der Waals surface area contributed by atoms with Crippen molar-refractivity contribution in [2.24, 2.45) is 0 Å². The summed E-state index contributed by atoms with van der Waals surface area (Å²) in [5.74, 6) is 1.64. The van der Waals surface area contributed by atoms with E-state index in [9.17, 15) is 0 Å². The SMILES string of the molecule is CCCn1cc(Oc2cccc(CNCC)c2)cn1. The molecule has 0 bridgehead atoms. The standard InChI is InChI=1S/C15H21N3O/c1-3-8-18-12-15(11-17-18)19-14-7-5-6-13(9-14)10-16-4-2/h5-7,9,11-12,16H,3-4,8,10H2,1-2H3. The Bertz CT molecular complexity index is 508. The molecule has 0 atom stereocenters. The van der Waals surface area contributed by atoms with Crippen LogP contribution in [-0.4, -0.2) is 16.3 Å². The number of ether oxygens (including phenoxy) is 1. The second-order valence-corrected chi connectivity index (χ2v) is 4.47. The summed E-state index contributed by atoms with van der Waals surface area (Å²) in [4.78, 5) is 0. The van der Waals surface area contributed by atoms with Crippen LogP contribution >= 0.6 is 0 Å². The molecular formula is C15H21N3O. The highest BCUT2D eigenvalue weighted by molar-refractivity contribution is 5.32. The van der Waals surface area contributed by atoms with E-state index in [1.54, 1.807) is 6.20 Å². The lowest BCUT2D eigenvalue weighted by atomic mass is 10.2. The van der Waals surface area contributed by atoms with Gasteiger partial charge in [-0.15, -0.1) is 0 Å². The second kappa shape index (κ2) is 6.95. The van der Waals surface area contributed by atoms with Gasteiger partial charge in [-0.2, -0.15) is 5.10 Å². The van der Waals surface area contributed by atoms with E-state index >= 15 is 0 Å². The Hall–Kier alpha value is -1.81. The Morgan fingerprint density at radius 3 is 2.95 bits per heavy atom. The van der Waals surface area contributed by atoms with Crippen molar-refractivity contribution in [2.75, 3.05) is 6.54 Å². The predicted octanol–water partition coefficient (Wildman–Crippen LogP) is 3.19. The highest BCUT2D eigenvalue weighted by Gasteiger charge is 2.02. The zero-order chi connectivity index (χ0) is 13.5. The maximum atomic E-state index is 5.81. The lowest BCUT2D eigenvalue weighted by molar-refractivity contribution is 0.479. The molecule has 1 aromatic heterocycles. The normalized spacial score (nSPS) is 10.6. The molecule has 0 aliphatic carbocycles. The van der Waals surface area contributed by atoms with E-state index in [-0.39, 0.29) is 0 Å². The molecule has 2 aromatic rings. The number of rotatable bonds is 7. The van der Waals surface area contributed by atoms with Crippen molar-refractivity contribution < 1.29 is 4.74 Å². The van der Waals surface area contributed by atoms with Gasteiger partial charge >= 0.3 is 0 Å². The minimum atomic E-state index is 0.786. The molecule has 4 heteroatoms. The third kappa shape index (κ3) is 4.10. The average molecular weight is 259 g/mol. The molecule has 0 amide bonds. The number of aryl methyl sites for hydroxylation is 1. The van der Waals surface area contributed by atoms with Crippen LogP contribution in [0.1, 0.15) is 25.8 Å². The second-order valence-electron chi connectivity index (χ2n) is 4.47. The number of nitrogens with zero attached hydrogens (tertiary/aromatic N) is 2. The molecule has 2 rings (SSSR count). The third-order valence-electron chi connectivity index (χ3n) is 2.78. The van der Waals surface area contributed by atoms with Crippen LogP contribution < -0.4 is 10.1 Å². The number of hydrogen-bond acceptors (Lipinski definition) is 3. The molecule has 0 aliphatic rings. The highest BCUT2D eigenvalue weighted by atomic mass is 16.5. The number of nitrogens with one attached hydrogen (secondary N) is 1. The van der Waals surface area contributed by atoms with Crippen LogP contribution in [-0.2, 0) is 13.1 Å². The molecule has 0 radical (unpaired) electrons. The Balaban J connectivity index is 2.01. The van der Waals surface area contributed by atoms with E-state index in [0.29, 0.717) is 0 Å². The Labute approximate surface area is 114 Å². The van der Waals surface area contributed by atoms with Gasteiger partial charge in [0.25, 0.3) is 0 Å². The van der Waals surface area contributed by atoms with Gasteiger partial charge in [0.1, 0.15) is 5.75 Å². The first-order valence-electron chi connectivity index (χ1n) is 6.81. The monoisotopic (exact) mass is 259 g/mol. The molecule has 0 unspecified atom stereocenters. The molecule has 0 saturated carbocycles. The van der Waals surface area contributed by atoms with Crippen molar-refractivity contribution in [2.45, 2.75) is 33.4 Å². The van der Waals surface area contributed by atoms with E-state index in [4.69, 9.17) is 4.74 Å². The minimum Gasteiger partial charge on any atom is -0.454 e. The van der Waals surface area contributed by atoms with E-state index in [1.165, 1.54) is 5.56 Å². The third-order valence-corrected chi connectivity index (χ3v) is 2.78. The molecule has 0 saturated heterocycles. The number of aromatic nitrogens is 2. The number of benzene rings is 1. The zero-order valence-electron chi connectivity index (χ0n) is 11.6. The quantitative estimate of drug-likeness (QED) is 0.830. The van der Waals surface area contributed by atoms with Crippen LogP contribution in [0.2, 0.25) is 0 Å². The van der Waals surface area contributed by atoms with Crippen LogP contribution in [0.4, 0.5) is 0 Å².